The average Bonchev–Trinajstić information content (AvgIpc) is 3.19. The minimum Gasteiger partial charge on any atom is -0.339 e. The minimum atomic E-state index is 0.359. The van der Waals surface area contributed by atoms with Crippen LogP contribution in [0.3, 0.4) is 0 Å². The van der Waals surface area contributed by atoms with Gasteiger partial charge in [0.15, 0.2) is 0 Å². The highest BCUT2D eigenvalue weighted by molar-refractivity contribution is 5.47. The molecule has 0 aliphatic carbocycles. The highest BCUT2D eigenvalue weighted by atomic mass is 16.5. The fraction of sp³-hybridized carbons (Fsp3) is 0.350. The van der Waals surface area contributed by atoms with E-state index in [2.05, 4.69) is 50.4 Å². The van der Waals surface area contributed by atoms with Crippen LogP contribution in [0.15, 0.2) is 59.3 Å². The summed E-state index contributed by atoms with van der Waals surface area (Å²) in [6, 6.07) is 16.4. The van der Waals surface area contributed by atoms with Crippen molar-refractivity contribution in [3.8, 4) is 11.5 Å². The highest BCUT2D eigenvalue weighted by Gasteiger charge is 2.25. The van der Waals surface area contributed by atoms with Gasteiger partial charge in [-0.25, -0.2) is 0 Å². The molecular formula is C20H22N4O. The van der Waals surface area contributed by atoms with Crippen molar-refractivity contribution in [3.05, 3.63) is 66.2 Å². The Balaban J connectivity index is 1.31. The molecule has 1 aliphatic heterocycles. The Hall–Kier alpha value is -2.53. The largest absolute Gasteiger partial charge is 0.339 e. The molecular weight excluding hydrogens is 312 g/mol. The van der Waals surface area contributed by atoms with E-state index in [1.54, 1.807) is 6.20 Å². The van der Waals surface area contributed by atoms with E-state index in [1.165, 1.54) is 5.56 Å². The van der Waals surface area contributed by atoms with Crippen LogP contribution in [0.25, 0.3) is 11.5 Å². The van der Waals surface area contributed by atoms with Gasteiger partial charge in [-0.2, -0.15) is 4.98 Å². The summed E-state index contributed by atoms with van der Waals surface area (Å²) in [4.78, 5) is 11.4. The Morgan fingerprint density at radius 1 is 1.00 bits per heavy atom. The summed E-state index contributed by atoms with van der Waals surface area (Å²) in [5, 5.41) is 4.09. The van der Waals surface area contributed by atoms with Gasteiger partial charge >= 0.3 is 0 Å². The molecule has 0 unspecified atom stereocenters. The summed E-state index contributed by atoms with van der Waals surface area (Å²) >= 11 is 0. The van der Waals surface area contributed by atoms with Gasteiger partial charge in [-0.15, -0.1) is 0 Å². The van der Waals surface area contributed by atoms with Gasteiger partial charge in [0, 0.05) is 18.7 Å². The smallest absolute Gasteiger partial charge is 0.230 e. The number of rotatable bonds is 5. The van der Waals surface area contributed by atoms with Gasteiger partial charge in [-0.3, -0.25) is 4.98 Å². The van der Waals surface area contributed by atoms with Crippen molar-refractivity contribution < 1.29 is 4.52 Å². The minimum absolute atomic E-state index is 0.359. The molecule has 5 heteroatoms. The first kappa shape index (κ1) is 16.0. The van der Waals surface area contributed by atoms with Gasteiger partial charge < -0.3 is 9.42 Å². The molecule has 5 nitrogen and oxygen atoms in total. The first-order valence-electron chi connectivity index (χ1n) is 8.90. The van der Waals surface area contributed by atoms with Gasteiger partial charge in [0.25, 0.3) is 0 Å². The third-order valence-corrected chi connectivity index (χ3v) is 4.83. The molecule has 0 amide bonds. The third-order valence-electron chi connectivity index (χ3n) is 4.83. The van der Waals surface area contributed by atoms with Crippen LogP contribution < -0.4 is 0 Å². The molecule has 3 aromatic rings. The van der Waals surface area contributed by atoms with Gasteiger partial charge in [-0.05, 0) is 50.0 Å². The monoisotopic (exact) mass is 334 g/mol. The SMILES string of the molecule is c1ccc(CCN2CCC(c3nc(-c4ccccn4)no3)CC2)cc1. The first-order valence-corrected chi connectivity index (χ1v) is 8.90. The summed E-state index contributed by atoms with van der Waals surface area (Å²) in [5.74, 6) is 1.70. The lowest BCUT2D eigenvalue weighted by Gasteiger charge is -2.30. The molecule has 2 aromatic heterocycles. The van der Waals surface area contributed by atoms with Crippen LogP contribution in [0.4, 0.5) is 0 Å². The Kier molecular flexibility index (Phi) is 4.84. The summed E-state index contributed by atoms with van der Waals surface area (Å²) in [6.07, 6.45) is 4.99. The van der Waals surface area contributed by atoms with E-state index in [0.29, 0.717) is 11.7 Å². The molecule has 0 N–H and O–H groups in total. The van der Waals surface area contributed by atoms with Crippen LogP contribution in [-0.4, -0.2) is 39.7 Å². The molecule has 1 aliphatic rings. The molecule has 0 bridgehead atoms. The molecule has 0 saturated carbocycles. The van der Waals surface area contributed by atoms with Crippen molar-refractivity contribution in [2.75, 3.05) is 19.6 Å². The zero-order valence-corrected chi connectivity index (χ0v) is 14.2. The van der Waals surface area contributed by atoms with Crippen LogP contribution >= 0.6 is 0 Å². The second kappa shape index (κ2) is 7.57. The number of likely N-dealkylation sites (tertiary alicyclic amines) is 1. The van der Waals surface area contributed by atoms with Crippen molar-refractivity contribution in [2.45, 2.75) is 25.2 Å². The molecule has 4 rings (SSSR count). The number of benzene rings is 1. The van der Waals surface area contributed by atoms with Crippen molar-refractivity contribution in [1.29, 1.82) is 0 Å². The van der Waals surface area contributed by atoms with E-state index < -0.39 is 0 Å². The van der Waals surface area contributed by atoms with Crippen LogP contribution in [0.1, 0.15) is 30.2 Å². The normalized spacial score (nSPS) is 16.2. The van der Waals surface area contributed by atoms with Crippen molar-refractivity contribution in [3.63, 3.8) is 0 Å². The van der Waals surface area contributed by atoms with Gasteiger partial charge in [0.2, 0.25) is 11.7 Å². The predicted octanol–water partition coefficient (Wildman–Crippen LogP) is 3.55. The summed E-state index contributed by atoms with van der Waals surface area (Å²) in [7, 11) is 0. The quantitative estimate of drug-likeness (QED) is 0.714. The summed E-state index contributed by atoms with van der Waals surface area (Å²) < 4.78 is 5.50. The van der Waals surface area contributed by atoms with E-state index in [0.717, 1.165) is 50.5 Å². The standard InChI is InChI=1S/C20H22N4O/c1-2-6-16(7-3-1)9-13-24-14-10-17(11-15-24)20-22-19(23-25-20)18-8-4-5-12-21-18/h1-8,12,17H,9-11,13-15H2. The highest BCUT2D eigenvalue weighted by Crippen LogP contribution is 2.28. The van der Waals surface area contributed by atoms with Gasteiger partial charge in [0.1, 0.15) is 5.69 Å². The lowest BCUT2D eigenvalue weighted by Crippen LogP contribution is -2.34. The molecule has 128 valence electrons. The second-order valence-electron chi connectivity index (χ2n) is 6.52. The molecule has 0 atom stereocenters. The third kappa shape index (κ3) is 3.94. The maximum atomic E-state index is 5.50. The Labute approximate surface area is 147 Å². The van der Waals surface area contributed by atoms with Gasteiger partial charge in [0.05, 0.1) is 0 Å². The van der Waals surface area contributed by atoms with Crippen LogP contribution in [0.5, 0.6) is 0 Å². The summed E-state index contributed by atoms with van der Waals surface area (Å²) in [6.45, 7) is 3.28. The lowest BCUT2D eigenvalue weighted by atomic mass is 9.96. The topological polar surface area (TPSA) is 55.1 Å². The maximum absolute atomic E-state index is 5.50. The van der Waals surface area contributed by atoms with E-state index in [4.69, 9.17) is 4.52 Å². The first-order chi connectivity index (χ1) is 12.4. The van der Waals surface area contributed by atoms with E-state index in [-0.39, 0.29) is 0 Å². The number of hydrogen-bond acceptors (Lipinski definition) is 5. The van der Waals surface area contributed by atoms with E-state index >= 15 is 0 Å². The molecule has 1 aromatic carbocycles. The van der Waals surface area contributed by atoms with Crippen molar-refractivity contribution >= 4 is 0 Å². The Morgan fingerprint density at radius 2 is 1.80 bits per heavy atom. The maximum Gasteiger partial charge on any atom is 0.230 e. The summed E-state index contributed by atoms with van der Waals surface area (Å²) in [5.41, 5.74) is 2.17. The Bertz CT molecular complexity index is 780. The number of pyridine rings is 1. The number of nitrogens with zero attached hydrogens (tertiary/aromatic N) is 4. The molecule has 25 heavy (non-hydrogen) atoms. The number of piperidine rings is 1. The zero-order chi connectivity index (χ0) is 16.9. The molecule has 0 radical (unpaired) electrons. The van der Waals surface area contributed by atoms with E-state index in [9.17, 15) is 0 Å². The average molecular weight is 334 g/mol. The van der Waals surface area contributed by atoms with Crippen molar-refractivity contribution in [2.24, 2.45) is 0 Å². The molecule has 1 saturated heterocycles. The van der Waals surface area contributed by atoms with Crippen molar-refractivity contribution in [1.82, 2.24) is 20.0 Å². The predicted molar refractivity (Wildman–Crippen MR) is 96.1 cm³/mol. The zero-order valence-electron chi connectivity index (χ0n) is 14.2. The van der Waals surface area contributed by atoms with Crippen LogP contribution in [-0.2, 0) is 6.42 Å². The Morgan fingerprint density at radius 3 is 2.56 bits per heavy atom. The molecule has 3 heterocycles. The fourth-order valence-corrected chi connectivity index (χ4v) is 3.34. The van der Waals surface area contributed by atoms with Crippen LogP contribution in [0.2, 0.25) is 0 Å². The second-order valence-corrected chi connectivity index (χ2v) is 6.52. The number of hydrogen-bond donors (Lipinski definition) is 0. The number of aromatic nitrogens is 3. The van der Waals surface area contributed by atoms with Gasteiger partial charge in [-0.1, -0.05) is 41.6 Å². The van der Waals surface area contributed by atoms with E-state index in [1.807, 2.05) is 18.2 Å². The molecule has 1 fully saturated rings. The fourth-order valence-electron chi connectivity index (χ4n) is 3.34. The molecule has 0 spiro atoms. The lowest BCUT2D eigenvalue weighted by molar-refractivity contribution is 0.196. The van der Waals surface area contributed by atoms with Crippen LogP contribution in [0, 0.1) is 0 Å².